The van der Waals surface area contributed by atoms with Crippen LogP contribution in [0.2, 0.25) is 0 Å². The van der Waals surface area contributed by atoms with Gasteiger partial charge in [-0.25, -0.2) is 0 Å². The van der Waals surface area contributed by atoms with E-state index in [1.54, 1.807) is 36.4 Å². The molecule has 0 aromatic heterocycles. The number of methoxy groups -OCH3 is 2. The Bertz CT molecular complexity index is 916. The van der Waals surface area contributed by atoms with Crippen LogP contribution in [0.3, 0.4) is 0 Å². The summed E-state index contributed by atoms with van der Waals surface area (Å²) in [5, 5.41) is 19.7. The molecule has 0 radical (unpaired) electrons. The minimum Gasteiger partial charge on any atom is -0.504 e. The van der Waals surface area contributed by atoms with Crippen molar-refractivity contribution < 1.29 is 29.3 Å². The molecule has 0 fully saturated rings. The smallest absolute Gasteiger partial charge is 0.171 e. The summed E-state index contributed by atoms with van der Waals surface area (Å²) in [7, 11) is 2.89. The van der Waals surface area contributed by atoms with Crippen molar-refractivity contribution in [1.82, 2.24) is 0 Å². The van der Waals surface area contributed by atoms with E-state index in [0.29, 0.717) is 29.8 Å². The van der Waals surface area contributed by atoms with Gasteiger partial charge in [-0.3, -0.25) is 9.59 Å². The number of ether oxygens (including phenoxy) is 2. The minimum absolute atomic E-state index is 0.0393. The van der Waals surface area contributed by atoms with Gasteiger partial charge in [-0.1, -0.05) is 12.2 Å². The first-order chi connectivity index (χ1) is 13.7. The Hall–Kier alpha value is -2.08. The first kappa shape index (κ1) is 23.2. The van der Waals surface area contributed by atoms with E-state index in [1.165, 1.54) is 26.4 Å². The third-order valence-electron chi connectivity index (χ3n) is 3.81. The number of carbonyl (C=O) groups is 2. The molecule has 0 bridgehead atoms. The molecule has 0 aliphatic heterocycles. The number of phenolic OH excluding ortho intramolecular Hbond substituents is 2. The lowest BCUT2D eigenvalue weighted by molar-refractivity contribution is -0.121. The summed E-state index contributed by atoms with van der Waals surface area (Å²) in [5.74, 6) is -0.00195. The fraction of sp³-hybridized carbons (Fsp3) is 0.143. The number of halogens is 2. The molecule has 0 unspecified atom stereocenters. The van der Waals surface area contributed by atoms with Crippen molar-refractivity contribution in [3.63, 3.8) is 0 Å². The van der Waals surface area contributed by atoms with Gasteiger partial charge in [-0.15, -0.1) is 0 Å². The maximum atomic E-state index is 12.1. The SMILES string of the molecule is COc1cc(/C=C/C(=O)CC(=O)/C=C/c2cc(I)c(O)c(OC)c2)cc(I)c1O. The zero-order valence-corrected chi connectivity index (χ0v) is 19.9. The first-order valence-electron chi connectivity index (χ1n) is 8.30. The van der Waals surface area contributed by atoms with Crippen LogP contribution in [0.25, 0.3) is 12.2 Å². The van der Waals surface area contributed by atoms with Crippen molar-refractivity contribution >= 4 is 68.9 Å². The summed E-state index contributed by atoms with van der Waals surface area (Å²) in [5.41, 5.74) is 1.34. The van der Waals surface area contributed by atoms with Gasteiger partial charge in [-0.05, 0) is 92.7 Å². The third kappa shape index (κ3) is 6.46. The minimum atomic E-state index is -0.348. The van der Waals surface area contributed by atoms with Crippen molar-refractivity contribution in [1.29, 1.82) is 0 Å². The van der Waals surface area contributed by atoms with E-state index in [2.05, 4.69) is 0 Å². The van der Waals surface area contributed by atoms with Crippen LogP contribution in [-0.4, -0.2) is 36.0 Å². The Morgan fingerprint density at radius 1 is 0.828 bits per heavy atom. The molecule has 2 N–H and O–H groups in total. The van der Waals surface area contributed by atoms with Crippen LogP contribution >= 0.6 is 45.2 Å². The molecule has 2 aromatic carbocycles. The lowest BCUT2D eigenvalue weighted by atomic mass is 10.1. The van der Waals surface area contributed by atoms with Gasteiger partial charge >= 0.3 is 0 Å². The van der Waals surface area contributed by atoms with Crippen LogP contribution in [0.1, 0.15) is 17.5 Å². The largest absolute Gasteiger partial charge is 0.504 e. The van der Waals surface area contributed by atoms with E-state index in [0.717, 1.165) is 0 Å². The topological polar surface area (TPSA) is 93.1 Å². The van der Waals surface area contributed by atoms with Gasteiger partial charge in [0.15, 0.2) is 34.6 Å². The lowest BCUT2D eigenvalue weighted by Crippen LogP contribution is -2.02. The normalized spacial score (nSPS) is 11.2. The second kappa shape index (κ2) is 10.6. The van der Waals surface area contributed by atoms with Gasteiger partial charge in [0.2, 0.25) is 0 Å². The number of hydrogen-bond donors (Lipinski definition) is 2. The van der Waals surface area contributed by atoms with Gasteiger partial charge in [0.1, 0.15) is 0 Å². The average molecular weight is 620 g/mol. The number of aromatic hydroxyl groups is 2. The Morgan fingerprint density at radius 2 is 1.21 bits per heavy atom. The number of benzene rings is 2. The predicted octanol–water partition coefficient (Wildman–Crippen LogP) is 4.58. The Morgan fingerprint density at radius 3 is 1.55 bits per heavy atom. The molecule has 29 heavy (non-hydrogen) atoms. The van der Waals surface area contributed by atoms with Crippen LogP contribution in [0, 0.1) is 7.14 Å². The molecule has 0 spiro atoms. The molecule has 2 rings (SSSR count). The van der Waals surface area contributed by atoms with E-state index in [4.69, 9.17) is 9.47 Å². The fourth-order valence-electron chi connectivity index (χ4n) is 2.36. The molecule has 152 valence electrons. The highest BCUT2D eigenvalue weighted by Crippen LogP contribution is 2.33. The highest BCUT2D eigenvalue weighted by Gasteiger charge is 2.09. The number of allylic oxidation sites excluding steroid dienone is 2. The first-order valence-corrected chi connectivity index (χ1v) is 10.5. The van der Waals surface area contributed by atoms with E-state index in [9.17, 15) is 19.8 Å². The van der Waals surface area contributed by atoms with Gasteiger partial charge in [-0.2, -0.15) is 0 Å². The van der Waals surface area contributed by atoms with Crippen LogP contribution in [0.15, 0.2) is 36.4 Å². The van der Waals surface area contributed by atoms with E-state index in [-0.39, 0.29) is 29.5 Å². The summed E-state index contributed by atoms with van der Waals surface area (Å²) >= 11 is 3.93. The van der Waals surface area contributed by atoms with Crippen LogP contribution in [-0.2, 0) is 9.59 Å². The molecule has 6 nitrogen and oxygen atoms in total. The molecule has 0 aliphatic carbocycles. The van der Waals surface area contributed by atoms with Crippen LogP contribution in [0.4, 0.5) is 0 Å². The van der Waals surface area contributed by atoms with Gasteiger partial charge in [0, 0.05) is 0 Å². The predicted molar refractivity (Wildman–Crippen MR) is 127 cm³/mol. The van der Waals surface area contributed by atoms with E-state index < -0.39 is 0 Å². The summed E-state index contributed by atoms with van der Waals surface area (Å²) in [6.07, 6.45) is 5.50. The second-order valence-corrected chi connectivity index (χ2v) is 8.21. The van der Waals surface area contributed by atoms with Crippen molar-refractivity contribution in [3.05, 3.63) is 54.7 Å². The molecule has 0 aliphatic rings. The van der Waals surface area contributed by atoms with Gasteiger partial charge in [0.25, 0.3) is 0 Å². The molecule has 0 atom stereocenters. The van der Waals surface area contributed by atoms with E-state index >= 15 is 0 Å². The van der Waals surface area contributed by atoms with Crippen LogP contribution in [0.5, 0.6) is 23.0 Å². The highest BCUT2D eigenvalue weighted by molar-refractivity contribution is 14.1. The maximum Gasteiger partial charge on any atom is 0.171 e. The average Bonchev–Trinajstić information content (AvgIpc) is 2.69. The fourth-order valence-corrected chi connectivity index (χ4v) is 3.61. The monoisotopic (exact) mass is 620 g/mol. The molecule has 0 saturated carbocycles. The summed E-state index contributed by atoms with van der Waals surface area (Å²) in [6, 6.07) is 6.60. The van der Waals surface area contributed by atoms with Crippen LogP contribution < -0.4 is 9.47 Å². The quantitative estimate of drug-likeness (QED) is 0.255. The standard InChI is InChI=1S/C21H18I2O6/c1-28-18-9-12(7-16(22)20(18)26)3-5-14(24)11-15(25)6-4-13-8-17(23)21(27)19(10-13)29-2/h3-10,26-27H,11H2,1-2H3/b5-3+,6-4+. The summed E-state index contributed by atoms with van der Waals surface area (Å²) in [6.45, 7) is 0. The second-order valence-electron chi connectivity index (χ2n) is 5.88. The highest BCUT2D eigenvalue weighted by atomic mass is 127. The molecule has 8 heteroatoms. The number of rotatable bonds is 8. The zero-order chi connectivity index (χ0) is 21.6. The van der Waals surface area contributed by atoms with Gasteiger partial charge < -0.3 is 19.7 Å². The number of ketones is 2. The lowest BCUT2D eigenvalue weighted by Gasteiger charge is -2.06. The molecule has 0 saturated heterocycles. The van der Waals surface area contributed by atoms with Crippen molar-refractivity contribution in [2.24, 2.45) is 0 Å². The molecular formula is C21H18I2O6. The summed E-state index contributed by atoms with van der Waals surface area (Å²) in [4.78, 5) is 24.1. The van der Waals surface area contributed by atoms with E-state index in [1.807, 2.05) is 45.2 Å². The van der Waals surface area contributed by atoms with Crippen molar-refractivity contribution in [3.8, 4) is 23.0 Å². The maximum absolute atomic E-state index is 12.1. The molecular weight excluding hydrogens is 602 g/mol. The molecule has 2 aromatic rings. The van der Waals surface area contributed by atoms with Crippen molar-refractivity contribution in [2.75, 3.05) is 14.2 Å². The number of hydrogen-bond acceptors (Lipinski definition) is 6. The zero-order valence-electron chi connectivity index (χ0n) is 15.6. The summed E-state index contributed by atoms with van der Waals surface area (Å²) < 4.78 is 11.3. The number of phenols is 2. The Kier molecular flexibility index (Phi) is 8.50. The van der Waals surface area contributed by atoms with Gasteiger partial charge in [0.05, 0.1) is 27.8 Å². The Balaban J connectivity index is 2.03. The molecule has 0 amide bonds. The Labute approximate surface area is 195 Å². The number of carbonyl (C=O) groups excluding carboxylic acids is 2. The molecule has 0 heterocycles. The third-order valence-corrected chi connectivity index (χ3v) is 5.46. The van der Waals surface area contributed by atoms with Crippen molar-refractivity contribution in [2.45, 2.75) is 6.42 Å².